The van der Waals surface area contributed by atoms with Crippen LogP contribution in [0.4, 0.5) is 0 Å². The second-order valence-electron chi connectivity index (χ2n) is 6.05. The zero-order valence-corrected chi connectivity index (χ0v) is 12.8. The van der Waals surface area contributed by atoms with Crippen molar-refractivity contribution in [2.24, 2.45) is 0 Å². The molecule has 0 saturated carbocycles. The van der Waals surface area contributed by atoms with E-state index < -0.39 is 11.9 Å². The minimum atomic E-state index is -1.02. The van der Waals surface area contributed by atoms with Crippen molar-refractivity contribution in [1.29, 1.82) is 0 Å². The van der Waals surface area contributed by atoms with Crippen LogP contribution in [-0.2, 0) is 5.41 Å². The van der Waals surface area contributed by atoms with Crippen LogP contribution in [0.1, 0.15) is 47.1 Å². The molecule has 0 radical (unpaired) electrons. The summed E-state index contributed by atoms with van der Waals surface area (Å²) in [5, 5.41) is 8.82. The number of carboxylic acids is 1. The first-order valence-corrected chi connectivity index (χ1v) is 6.93. The SMILES string of the molecule is CC(C)(C)c1ccc(C(=O)Oc2ccc(C(=O)O)cc2)cc1. The molecule has 0 heterocycles. The number of esters is 1. The molecule has 0 fully saturated rings. The number of carbonyl (C=O) groups excluding carboxylic acids is 1. The summed E-state index contributed by atoms with van der Waals surface area (Å²) in [4.78, 5) is 22.8. The Bertz CT molecular complexity index is 677. The Morgan fingerprint density at radius 3 is 1.82 bits per heavy atom. The van der Waals surface area contributed by atoms with E-state index >= 15 is 0 Å². The zero-order chi connectivity index (χ0) is 16.3. The maximum absolute atomic E-state index is 12.1. The molecule has 114 valence electrons. The maximum atomic E-state index is 12.1. The van der Waals surface area contributed by atoms with E-state index in [-0.39, 0.29) is 11.0 Å². The normalized spacial score (nSPS) is 11.0. The lowest BCUT2D eigenvalue weighted by Crippen LogP contribution is -2.13. The first-order valence-electron chi connectivity index (χ1n) is 6.93. The second kappa shape index (κ2) is 6.02. The van der Waals surface area contributed by atoms with Crippen molar-refractivity contribution in [3.63, 3.8) is 0 Å². The lowest BCUT2D eigenvalue weighted by Gasteiger charge is -2.18. The van der Waals surface area contributed by atoms with Gasteiger partial charge in [0, 0.05) is 0 Å². The van der Waals surface area contributed by atoms with Crippen molar-refractivity contribution in [3.8, 4) is 5.75 Å². The van der Waals surface area contributed by atoms with Gasteiger partial charge in [-0.1, -0.05) is 32.9 Å². The predicted molar refractivity (Wildman–Crippen MR) is 83.5 cm³/mol. The predicted octanol–water partition coefficient (Wildman–Crippen LogP) is 3.90. The largest absolute Gasteiger partial charge is 0.478 e. The van der Waals surface area contributed by atoms with Crippen molar-refractivity contribution in [1.82, 2.24) is 0 Å². The zero-order valence-electron chi connectivity index (χ0n) is 12.8. The standard InChI is InChI=1S/C18H18O4/c1-18(2,3)14-8-4-13(5-9-14)17(21)22-15-10-6-12(7-11-15)16(19)20/h4-11H,1-3H3,(H,19,20). The van der Waals surface area contributed by atoms with E-state index in [0.29, 0.717) is 11.3 Å². The fraction of sp³-hybridized carbons (Fsp3) is 0.222. The summed E-state index contributed by atoms with van der Waals surface area (Å²) in [5.41, 5.74) is 1.76. The fourth-order valence-corrected chi connectivity index (χ4v) is 1.94. The van der Waals surface area contributed by atoms with Crippen LogP contribution in [0.15, 0.2) is 48.5 Å². The number of aromatic carboxylic acids is 1. The smallest absolute Gasteiger partial charge is 0.343 e. The van der Waals surface area contributed by atoms with Gasteiger partial charge in [0.2, 0.25) is 0 Å². The van der Waals surface area contributed by atoms with E-state index in [9.17, 15) is 9.59 Å². The Balaban J connectivity index is 2.10. The van der Waals surface area contributed by atoms with Crippen LogP contribution < -0.4 is 4.74 Å². The van der Waals surface area contributed by atoms with E-state index in [1.165, 1.54) is 24.3 Å². The molecule has 0 saturated heterocycles. The lowest BCUT2D eigenvalue weighted by atomic mass is 9.87. The van der Waals surface area contributed by atoms with E-state index in [4.69, 9.17) is 9.84 Å². The number of rotatable bonds is 3. The van der Waals surface area contributed by atoms with Crippen molar-refractivity contribution in [2.45, 2.75) is 26.2 Å². The topological polar surface area (TPSA) is 63.6 Å². The molecule has 0 bridgehead atoms. The number of carboxylic acid groups (broad SMARTS) is 1. The highest BCUT2D eigenvalue weighted by Crippen LogP contribution is 2.22. The summed E-state index contributed by atoms with van der Waals surface area (Å²) in [6, 6.07) is 13.0. The van der Waals surface area contributed by atoms with Crippen LogP contribution in [0, 0.1) is 0 Å². The Morgan fingerprint density at radius 2 is 1.36 bits per heavy atom. The maximum Gasteiger partial charge on any atom is 0.343 e. The molecule has 0 spiro atoms. The first-order chi connectivity index (χ1) is 10.3. The molecule has 0 aliphatic rings. The van der Waals surface area contributed by atoms with Gasteiger partial charge in [0.15, 0.2) is 0 Å². The van der Waals surface area contributed by atoms with Gasteiger partial charge in [-0.2, -0.15) is 0 Å². The molecule has 0 amide bonds. The van der Waals surface area contributed by atoms with Crippen LogP contribution in [0.25, 0.3) is 0 Å². The molecule has 0 atom stereocenters. The van der Waals surface area contributed by atoms with Crippen LogP contribution in [0.5, 0.6) is 5.75 Å². The van der Waals surface area contributed by atoms with Gasteiger partial charge in [0.05, 0.1) is 11.1 Å². The van der Waals surface area contributed by atoms with Crippen LogP contribution >= 0.6 is 0 Å². The summed E-state index contributed by atoms with van der Waals surface area (Å²) >= 11 is 0. The monoisotopic (exact) mass is 298 g/mol. The van der Waals surface area contributed by atoms with Crippen molar-refractivity contribution < 1.29 is 19.4 Å². The average Bonchev–Trinajstić information content (AvgIpc) is 2.47. The van der Waals surface area contributed by atoms with Gasteiger partial charge in [-0.3, -0.25) is 0 Å². The van der Waals surface area contributed by atoms with Crippen molar-refractivity contribution >= 4 is 11.9 Å². The van der Waals surface area contributed by atoms with E-state index in [0.717, 1.165) is 5.56 Å². The third-order valence-electron chi connectivity index (χ3n) is 3.30. The van der Waals surface area contributed by atoms with Gasteiger partial charge in [-0.15, -0.1) is 0 Å². The minimum absolute atomic E-state index is 0.0229. The summed E-state index contributed by atoms with van der Waals surface area (Å²) in [5.74, 6) is -1.17. The first kappa shape index (κ1) is 15.8. The minimum Gasteiger partial charge on any atom is -0.478 e. The fourth-order valence-electron chi connectivity index (χ4n) is 1.94. The quantitative estimate of drug-likeness (QED) is 0.689. The second-order valence-corrected chi connectivity index (χ2v) is 6.05. The van der Waals surface area contributed by atoms with E-state index in [1.807, 2.05) is 12.1 Å². The average molecular weight is 298 g/mol. The van der Waals surface area contributed by atoms with Gasteiger partial charge < -0.3 is 9.84 Å². The molecule has 2 rings (SSSR count). The molecular formula is C18H18O4. The van der Waals surface area contributed by atoms with Crippen LogP contribution in [-0.4, -0.2) is 17.0 Å². The third kappa shape index (κ3) is 3.73. The Labute approximate surface area is 129 Å². The highest BCUT2D eigenvalue weighted by atomic mass is 16.5. The van der Waals surface area contributed by atoms with Gasteiger partial charge in [-0.05, 0) is 47.4 Å². The molecule has 0 aliphatic carbocycles. The number of hydrogen-bond donors (Lipinski definition) is 1. The third-order valence-corrected chi connectivity index (χ3v) is 3.30. The van der Waals surface area contributed by atoms with Gasteiger partial charge in [0.1, 0.15) is 5.75 Å². The highest BCUT2D eigenvalue weighted by molar-refractivity contribution is 5.91. The van der Waals surface area contributed by atoms with Crippen LogP contribution in [0.2, 0.25) is 0 Å². The summed E-state index contributed by atoms with van der Waals surface area (Å²) in [6.07, 6.45) is 0. The lowest BCUT2D eigenvalue weighted by molar-refractivity contribution is 0.0696. The Kier molecular flexibility index (Phi) is 4.31. The molecule has 0 aliphatic heterocycles. The van der Waals surface area contributed by atoms with Crippen LogP contribution in [0.3, 0.4) is 0 Å². The van der Waals surface area contributed by atoms with Gasteiger partial charge >= 0.3 is 11.9 Å². The van der Waals surface area contributed by atoms with Crippen molar-refractivity contribution in [3.05, 3.63) is 65.2 Å². The molecule has 1 N–H and O–H groups in total. The summed E-state index contributed by atoms with van der Waals surface area (Å²) < 4.78 is 5.23. The number of benzene rings is 2. The summed E-state index contributed by atoms with van der Waals surface area (Å²) in [6.45, 7) is 6.30. The molecule has 22 heavy (non-hydrogen) atoms. The highest BCUT2D eigenvalue weighted by Gasteiger charge is 2.15. The number of carbonyl (C=O) groups is 2. The molecular weight excluding hydrogens is 280 g/mol. The number of hydrogen-bond acceptors (Lipinski definition) is 3. The van der Waals surface area contributed by atoms with Gasteiger partial charge in [-0.25, -0.2) is 9.59 Å². The molecule has 2 aromatic carbocycles. The van der Waals surface area contributed by atoms with E-state index in [2.05, 4.69) is 20.8 Å². The molecule has 0 unspecified atom stereocenters. The van der Waals surface area contributed by atoms with Crippen molar-refractivity contribution in [2.75, 3.05) is 0 Å². The molecule has 0 aromatic heterocycles. The molecule has 2 aromatic rings. The summed E-state index contributed by atoms with van der Waals surface area (Å²) in [7, 11) is 0. The Hall–Kier alpha value is -2.62. The molecule has 4 heteroatoms. The van der Waals surface area contributed by atoms with E-state index in [1.54, 1.807) is 12.1 Å². The van der Waals surface area contributed by atoms with Gasteiger partial charge in [0.25, 0.3) is 0 Å². The Morgan fingerprint density at radius 1 is 0.864 bits per heavy atom. The molecule has 4 nitrogen and oxygen atoms in total. The number of ether oxygens (including phenoxy) is 1.